The Morgan fingerprint density at radius 3 is 2.40 bits per heavy atom. The number of nitrogens with one attached hydrogen (secondary N) is 1. The third kappa shape index (κ3) is 3.10. The van der Waals surface area contributed by atoms with Crippen LogP contribution in [0.5, 0.6) is 0 Å². The van der Waals surface area contributed by atoms with Crippen LogP contribution in [0.1, 0.15) is 40.0 Å². The molecule has 1 N–H and O–H groups in total. The van der Waals surface area contributed by atoms with Gasteiger partial charge in [-0.15, -0.1) is 0 Å². The monoisotopic (exact) mass is 331 g/mol. The fraction of sp³-hybridized carbons (Fsp3) is 0.235. The molecule has 0 saturated carbocycles. The van der Waals surface area contributed by atoms with Gasteiger partial charge in [-0.05, 0) is 59.5 Å². The first-order valence-corrected chi connectivity index (χ1v) is 7.41. The normalized spacial score (nSPS) is 12.0. The number of aryl methyl sites for hydroxylation is 2. The van der Waals surface area contributed by atoms with Crippen LogP contribution in [0.15, 0.2) is 46.9 Å². The average molecular weight is 332 g/mol. The summed E-state index contributed by atoms with van der Waals surface area (Å²) in [6, 6.07) is 13.8. The van der Waals surface area contributed by atoms with Crippen molar-refractivity contribution in [3.8, 4) is 0 Å². The lowest BCUT2D eigenvalue weighted by Gasteiger charge is -2.17. The molecule has 3 heteroatoms. The van der Waals surface area contributed by atoms with E-state index in [2.05, 4.69) is 34.2 Å². The lowest BCUT2D eigenvalue weighted by Crippen LogP contribution is -2.27. The highest BCUT2D eigenvalue weighted by Gasteiger charge is 2.15. The van der Waals surface area contributed by atoms with Gasteiger partial charge in [0.15, 0.2) is 0 Å². The van der Waals surface area contributed by atoms with E-state index >= 15 is 0 Å². The molecule has 2 aromatic rings. The molecule has 0 aliphatic rings. The van der Waals surface area contributed by atoms with Gasteiger partial charge in [-0.1, -0.05) is 36.4 Å². The topological polar surface area (TPSA) is 29.1 Å². The maximum absolute atomic E-state index is 12.4. The Morgan fingerprint density at radius 2 is 1.70 bits per heavy atom. The highest BCUT2D eigenvalue weighted by molar-refractivity contribution is 9.10. The third-order valence-electron chi connectivity index (χ3n) is 3.44. The second-order valence-corrected chi connectivity index (χ2v) is 5.78. The Labute approximate surface area is 128 Å². The number of rotatable bonds is 3. The Morgan fingerprint density at radius 1 is 1.05 bits per heavy atom. The zero-order valence-corrected chi connectivity index (χ0v) is 13.5. The Kier molecular flexibility index (Phi) is 4.61. The van der Waals surface area contributed by atoms with Crippen LogP contribution in [0, 0.1) is 13.8 Å². The molecular formula is C17H18BrNO. The van der Waals surface area contributed by atoms with Crippen molar-refractivity contribution in [1.29, 1.82) is 0 Å². The van der Waals surface area contributed by atoms with Crippen molar-refractivity contribution in [1.82, 2.24) is 5.32 Å². The van der Waals surface area contributed by atoms with Crippen molar-refractivity contribution < 1.29 is 4.79 Å². The summed E-state index contributed by atoms with van der Waals surface area (Å²) in [4.78, 5) is 12.4. The molecule has 0 aliphatic heterocycles. The van der Waals surface area contributed by atoms with Gasteiger partial charge in [0.1, 0.15) is 0 Å². The minimum absolute atomic E-state index is 0.0175. The van der Waals surface area contributed by atoms with E-state index in [1.807, 2.05) is 50.2 Å². The molecule has 2 nitrogen and oxygen atoms in total. The fourth-order valence-electron chi connectivity index (χ4n) is 2.25. The van der Waals surface area contributed by atoms with Crippen molar-refractivity contribution in [3.63, 3.8) is 0 Å². The van der Waals surface area contributed by atoms with Gasteiger partial charge in [0, 0.05) is 4.47 Å². The molecule has 1 amide bonds. The van der Waals surface area contributed by atoms with E-state index < -0.39 is 0 Å². The number of hydrogen-bond donors (Lipinski definition) is 1. The van der Waals surface area contributed by atoms with Gasteiger partial charge in [0.05, 0.1) is 11.6 Å². The minimum atomic E-state index is -0.0590. The highest BCUT2D eigenvalue weighted by Crippen LogP contribution is 2.22. The molecule has 1 unspecified atom stereocenters. The molecule has 0 fully saturated rings. The summed E-state index contributed by atoms with van der Waals surface area (Å²) < 4.78 is 0.856. The summed E-state index contributed by atoms with van der Waals surface area (Å²) >= 11 is 3.48. The fourth-order valence-corrected chi connectivity index (χ4v) is 2.69. The van der Waals surface area contributed by atoms with Gasteiger partial charge in [-0.3, -0.25) is 4.79 Å². The van der Waals surface area contributed by atoms with Crippen LogP contribution in [-0.2, 0) is 0 Å². The van der Waals surface area contributed by atoms with Gasteiger partial charge < -0.3 is 5.32 Å². The van der Waals surface area contributed by atoms with E-state index in [0.717, 1.165) is 15.6 Å². The van der Waals surface area contributed by atoms with E-state index in [1.54, 1.807) is 0 Å². The van der Waals surface area contributed by atoms with Crippen LogP contribution in [0.4, 0.5) is 0 Å². The second kappa shape index (κ2) is 6.23. The van der Waals surface area contributed by atoms with Gasteiger partial charge >= 0.3 is 0 Å². The van der Waals surface area contributed by atoms with Crippen molar-refractivity contribution >= 4 is 21.8 Å². The predicted molar refractivity (Wildman–Crippen MR) is 85.9 cm³/mol. The standard InChI is InChI=1S/C17H18BrNO/c1-11-7-4-5-9-14(11)13(3)19-17(20)15-10-6-8-12(2)16(15)18/h4-10,13H,1-3H3,(H,19,20). The number of carbonyl (C=O) groups excluding carboxylic acids is 1. The zero-order valence-electron chi connectivity index (χ0n) is 11.9. The first kappa shape index (κ1) is 14.8. The SMILES string of the molecule is Cc1ccccc1C(C)NC(=O)c1cccc(C)c1Br. The molecular weight excluding hydrogens is 314 g/mol. The minimum Gasteiger partial charge on any atom is -0.345 e. The molecule has 0 saturated heterocycles. The molecule has 0 aromatic heterocycles. The molecule has 2 aromatic carbocycles. The van der Waals surface area contributed by atoms with Crippen molar-refractivity contribution in [2.75, 3.05) is 0 Å². The largest absolute Gasteiger partial charge is 0.345 e. The number of amides is 1. The smallest absolute Gasteiger partial charge is 0.252 e. The van der Waals surface area contributed by atoms with Crippen LogP contribution in [0.2, 0.25) is 0 Å². The number of benzene rings is 2. The maximum Gasteiger partial charge on any atom is 0.252 e. The third-order valence-corrected chi connectivity index (χ3v) is 4.49. The van der Waals surface area contributed by atoms with Gasteiger partial charge in [-0.25, -0.2) is 0 Å². The highest BCUT2D eigenvalue weighted by atomic mass is 79.9. The molecule has 0 aliphatic carbocycles. The van der Waals surface area contributed by atoms with Crippen molar-refractivity contribution in [3.05, 3.63) is 69.2 Å². The molecule has 2 rings (SSSR count). The van der Waals surface area contributed by atoms with E-state index in [1.165, 1.54) is 5.56 Å². The summed E-state index contributed by atoms with van der Waals surface area (Å²) in [6.07, 6.45) is 0. The van der Waals surface area contributed by atoms with Crippen molar-refractivity contribution in [2.24, 2.45) is 0 Å². The molecule has 0 bridgehead atoms. The van der Waals surface area contributed by atoms with E-state index in [0.29, 0.717) is 5.56 Å². The molecule has 20 heavy (non-hydrogen) atoms. The number of carbonyl (C=O) groups is 1. The zero-order chi connectivity index (χ0) is 14.7. The lowest BCUT2D eigenvalue weighted by atomic mass is 10.0. The summed E-state index contributed by atoms with van der Waals surface area (Å²) in [7, 11) is 0. The van der Waals surface area contributed by atoms with E-state index in [9.17, 15) is 4.79 Å². The molecule has 0 heterocycles. The van der Waals surface area contributed by atoms with Crippen LogP contribution >= 0.6 is 15.9 Å². The summed E-state index contributed by atoms with van der Waals surface area (Å²) in [5.74, 6) is -0.0590. The first-order valence-electron chi connectivity index (χ1n) is 6.62. The van der Waals surface area contributed by atoms with E-state index in [4.69, 9.17) is 0 Å². The van der Waals surface area contributed by atoms with Gasteiger partial charge in [0.2, 0.25) is 0 Å². The Hall–Kier alpha value is -1.61. The maximum atomic E-state index is 12.4. The first-order chi connectivity index (χ1) is 9.50. The van der Waals surface area contributed by atoms with Crippen LogP contribution in [0.25, 0.3) is 0 Å². The summed E-state index contributed by atoms with van der Waals surface area (Å²) in [5, 5.41) is 3.05. The Bertz CT molecular complexity index is 637. The Balaban J connectivity index is 2.20. The predicted octanol–water partition coefficient (Wildman–Crippen LogP) is 4.56. The molecule has 0 spiro atoms. The van der Waals surface area contributed by atoms with Crippen LogP contribution in [0.3, 0.4) is 0 Å². The van der Waals surface area contributed by atoms with Gasteiger partial charge in [0.25, 0.3) is 5.91 Å². The number of halogens is 1. The molecule has 104 valence electrons. The summed E-state index contributed by atoms with van der Waals surface area (Å²) in [5.41, 5.74) is 4.06. The van der Waals surface area contributed by atoms with Crippen LogP contribution < -0.4 is 5.32 Å². The molecule has 1 atom stereocenters. The van der Waals surface area contributed by atoms with E-state index in [-0.39, 0.29) is 11.9 Å². The lowest BCUT2D eigenvalue weighted by molar-refractivity contribution is 0.0939. The van der Waals surface area contributed by atoms with Crippen molar-refractivity contribution in [2.45, 2.75) is 26.8 Å². The molecule has 0 radical (unpaired) electrons. The summed E-state index contributed by atoms with van der Waals surface area (Å²) in [6.45, 7) is 6.04. The quantitative estimate of drug-likeness (QED) is 0.877. The second-order valence-electron chi connectivity index (χ2n) is 4.99. The van der Waals surface area contributed by atoms with Gasteiger partial charge in [-0.2, -0.15) is 0 Å². The van der Waals surface area contributed by atoms with Crippen LogP contribution in [-0.4, -0.2) is 5.91 Å². The number of hydrogen-bond acceptors (Lipinski definition) is 1. The average Bonchev–Trinajstić information content (AvgIpc) is 2.42.